The number of carbonyl (C=O) groups excluding carboxylic acids is 1. The molecular weight excluding hydrogens is 386 g/mol. The highest BCUT2D eigenvalue weighted by atomic mass is 35.5. The number of carbonyl (C=O) groups is 1. The van der Waals surface area contributed by atoms with Gasteiger partial charge in [0.2, 0.25) is 11.8 Å². The van der Waals surface area contributed by atoms with Crippen LogP contribution in [0.5, 0.6) is 0 Å². The van der Waals surface area contributed by atoms with Crippen molar-refractivity contribution in [3.05, 3.63) is 42.0 Å². The van der Waals surface area contributed by atoms with Crippen LogP contribution in [0.25, 0.3) is 11.3 Å². The van der Waals surface area contributed by atoms with E-state index in [1.165, 1.54) is 0 Å². The average Bonchev–Trinajstić information content (AvgIpc) is 3.35. The van der Waals surface area contributed by atoms with Crippen LogP contribution in [0.1, 0.15) is 70.1 Å². The second-order valence-corrected chi connectivity index (χ2v) is 8.55. The number of hydrogen-bond donors (Lipinski definition) is 1. The molecule has 2 aliphatic heterocycles. The Labute approximate surface area is 179 Å². The second kappa shape index (κ2) is 9.31. The maximum atomic E-state index is 13.3. The summed E-state index contributed by atoms with van der Waals surface area (Å²) in [7, 11) is 0. The molecule has 0 radical (unpaired) electrons. The minimum atomic E-state index is -0.0346. The number of amides is 1. The van der Waals surface area contributed by atoms with Crippen molar-refractivity contribution in [2.24, 2.45) is 5.92 Å². The van der Waals surface area contributed by atoms with Gasteiger partial charge in [-0.05, 0) is 39.2 Å². The standard InChI is InChI=1S/C23H31N3O2.ClH/c1-15(2)21-20(17-8-5-4-6-9-17)25-22(28-21)19-10-7-13-26(19)23(27)18-11-12-24-16(3)14-18;/h4-6,8-9,15-16,18-19,24H,7,10-14H2,1-3H3;1H/t16-,18-,19?;/m0./s1. The second-order valence-electron chi connectivity index (χ2n) is 8.55. The van der Waals surface area contributed by atoms with E-state index < -0.39 is 0 Å². The number of nitrogens with zero attached hydrogens (tertiary/aromatic N) is 2. The molecule has 0 bridgehead atoms. The fraction of sp³-hybridized carbons (Fsp3) is 0.565. The summed E-state index contributed by atoms with van der Waals surface area (Å²) in [6.45, 7) is 8.15. The van der Waals surface area contributed by atoms with Gasteiger partial charge in [-0.25, -0.2) is 4.98 Å². The lowest BCUT2D eigenvalue weighted by molar-refractivity contribution is -0.138. The monoisotopic (exact) mass is 417 g/mol. The van der Waals surface area contributed by atoms with E-state index in [0.29, 0.717) is 11.9 Å². The zero-order valence-corrected chi connectivity index (χ0v) is 18.4. The molecule has 2 fully saturated rings. The maximum Gasteiger partial charge on any atom is 0.226 e. The third-order valence-corrected chi connectivity index (χ3v) is 6.04. The topological polar surface area (TPSA) is 58.4 Å². The third kappa shape index (κ3) is 4.51. The summed E-state index contributed by atoms with van der Waals surface area (Å²) >= 11 is 0. The number of aromatic nitrogens is 1. The van der Waals surface area contributed by atoms with E-state index in [9.17, 15) is 4.79 Å². The molecule has 0 saturated carbocycles. The Balaban J connectivity index is 0.00000240. The minimum absolute atomic E-state index is 0. The fourth-order valence-electron chi connectivity index (χ4n) is 4.56. The summed E-state index contributed by atoms with van der Waals surface area (Å²) in [6, 6.07) is 10.6. The van der Waals surface area contributed by atoms with Crippen molar-refractivity contribution in [2.75, 3.05) is 13.1 Å². The van der Waals surface area contributed by atoms with Gasteiger partial charge in [-0.3, -0.25) is 4.79 Å². The van der Waals surface area contributed by atoms with Crippen molar-refractivity contribution < 1.29 is 9.21 Å². The number of rotatable bonds is 4. The Morgan fingerprint density at radius 1 is 1.24 bits per heavy atom. The molecular formula is C23H32ClN3O2. The van der Waals surface area contributed by atoms with E-state index in [0.717, 1.165) is 55.8 Å². The number of halogens is 1. The smallest absolute Gasteiger partial charge is 0.226 e. The molecule has 0 aliphatic carbocycles. The summed E-state index contributed by atoms with van der Waals surface area (Å²) in [5, 5.41) is 3.44. The molecule has 5 nitrogen and oxygen atoms in total. The van der Waals surface area contributed by atoms with E-state index in [-0.39, 0.29) is 36.2 Å². The predicted octanol–water partition coefficient (Wildman–Crippen LogP) is 4.94. The number of likely N-dealkylation sites (tertiary alicyclic amines) is 1. The fourth-order valence-corrected chi connectivity index (χ4v) is 4.56. The number of piperidine rings is 1. The van der Waals surface area contributed by atoms with Gasteiger partial charge in [0.15, 0.2) is 0 Å². The van der Waals surface area contributed by atoms with Crippen LogP contribution in [0.2, 0.25) is 0 Å². The van der Waals surface area contributed by atoms with Crippen LogP contribution < -0.4 is 5.32 Å². The molecule has 2 saturated heterocycles. The number of nitrogens with one attached hydrogen (secondary N) is 1. The molecule has 0 spiro atoms. The van der Waals surface area contributed by atoms with Crippen LogP contribution in [0.15, 0.2) is 34.7 Å². The highest BCUT2D eigenvalue weighted by molar-refractivity contribution is 5.85. The van der Waals surface area contributed by atoms with Gasteiger partial charge in [0.1, 0.15) is 17.5 Å². The SMILES string of the molecule is CC(C)c1oc(C2CCCN2C(=O)[C@H]2CCN[C@@H](C)C2)nc1-c1ccccc1.Cl. The Bertz CT molecular complexity index is 821. The van der Waals surface area contributed by atoms with Crippen molar-refractivity contribution in [3.8, 4) is 11.3 Å². The molecule has 3 heterocycles. The van der Waals surface area contributed by atoms with Crippen molar-refractivity contribution in [2.45, 2.75) is 64.5 Å². The van der Waals surface area contributed by atoms with Gasteiger partial charge >= 0.3 is 0 Å². The van der Waals surface area contributed by atoms with Crippen LogP contribution in [-0.2, 0) is 4.79 Å². The first-order valence-electron chi connectivity index (χ1n) is 10.6. The number of benzene rings is 1. The quantitative estimate of drug-likeness (QED) is 0.765. The Morgan fingerprint density at radius 3 is 2.69 bits per heavy atom. The van der Waals surface area contributed by atoms with Crippen molar-refractivity contribution >= 4 is 18.3 Å². The lowest BCUT2D eigenvalue weighted by atomic mass is 9.92. The molecule has 1 aromatic heterocycles. The first-order valence-corrected chi connectivity index (χ1v) is 10.6. The molecule has 29 heavy (non-hydrogen) atoms. The van der Waals surface area contributed by atoms with Gasteiger partial charge in [0, 0.05) is 30.0 Å². The summed E-state index contributed by atoms with van der Waals surface area (Å²) in [5.74, 6) is 2.25. The lowest BCUT2D eigenvalue weighted by Gasteiger charge is -2.32. The number of oxazole rings is 1. The van der Waals surface area contributed by atoms with E-state index in [4.69, 9.17) is 9.40 Å². The lowest BCUT2D eigenvalue weighted by Crippen LogP contribution is -2.44. The Morgan fingerprint density at radius 2 is 2.00 bits per heavy atom. The summed E-state index contributed by atoms with van der Waals surface area (Å²) in [6.07, 6.45) is 3.78. The number of hydrogen-bond acceptors (Lipinski definition) is 4. The molecule has 4 rings (SSSR count). The predicted molar refractivity (Wildman–Crippen MR) is 117 cm³/mol. The van der Waals surface area contributed by atoms with Gasteiger partial charge in [-0.15, -0.1) is 12.4 Å². The van der Waals surface area contributed by atoms with Crippen LogP contribution in [0.4, 0.5) is 0 Å². The van der Waals surface area contributed by atoms with Crippen LogP contribution in [0.3, 0.4) is 0 Å². The highest BCUT2D eigenvalue weighted by Gasteiger charge is 2.38. The van der Waals surface area contributed by atoms with Crippen molar-refractivity contribution in [3.63, 3.8) is 0 Å². The molecule has 6 heteroatoms. The summed E-state index contributed by atoms with van der Waals surface area (Å²) < 4.78 is 6.29. The molecule has 158 valence electrons. The Kier molecular flexibility index (Phi) is 7.01. The zero-order valence-electron chi connectivity index (χ0n) is 17.6. The van der Waals surface area contributed by atoms with Crippen LogP contribution >= 0.6 is 12.4 Å². The van der Waals surface area contributed by atoms with Gasteiger partial charge in [0.25, 0.3) is 0 Å². The van der Waals surface area contributed by atoms with Gasteiger partial charge in [-0.1, -0.05) is 44.2 Å². The molecule has 1 amide bonds. The molecule has 1 N–H and O–H groups in total. The molecule has 3 atom stereocenters. The molecule has 2 aliphatic rings. The van der Waals surface area contributed by atoms with Crippen molar-refractivity contribution in [1.82, 2.24) is 15.2 Å². The third-order valence-electron chi connectivity index (χ3n) is 6.04. The summed E-state index contributed by atoms with van der Waals surface area (Å²) in [4.78, 5) is 20.2. The Hall–Kier alpha value is -1.85. The molecule has 2 aromatic rings. The maximum absolute atomic E-state index is 13.3. The van der Waals surface area contributed by atoms with E-state index in [1.54, 1.807) is 0 Å². The molecule has 1 unspecified atom stereocenters. The van der Waals surface area contributed by atoms with E-state index >= 15 is 0 Å². The van der Waals surface area contributed by atoms with Gasteiger partial charge in [0.05, 0.1) is 0 Å². The van der Waals surface area contributed by atoms with Gasteiger partial charge in [-0.2, -0.15) is 0 Å². The van der Waals surface area contributed by atoms with E-state index in [2.05, 4.69) is 38.2 Å². The average molecular weight is 418 g/mol. The highest BCUT2D eigenvalue weighted by Crippen LogP contribution is 2.38. The van der Waals surface area contributed by atoms with Crippen molar-refractivity contribution in [1.29, 1.82) is 0 Å². The largest absolute Gasteiger partial charge is 0.442 e. The first kappa shape index (κ1) is 21.8. The first-order chi connectivity index (χ1) is 13.5. The normalized spacial score (nSPS) is 24.6. The molecule has 1 aromatic carbocycles. The van der Waals surface area contributed by atoms with E-state index in [1.807, 2.05) is 23.1 Å². The van der Waals surface area contributed by atoms with Crippen LogP contribution in [-0.4, -0.2) is 34.9 Å². The van der Waals surface area contributed by atoms with Crippen LogP contribution in [0, 0.1) is 5.92 Å². The zero-order chi connectivity index (χ0) is 19.7. The summed E-state index contributed by atoms with van der Waals surface area (Å²) in [5.41, 5.74) is 1.99. The minimum Gasteiger partial charge on any atom is -0.442 e. The van der Waals surface area contributed by atoms with Gasteiger partial charge < -0.3 is 14.6 Å².